The summed E-state index contributed by atoms with van der Waals surface area (Å²) in [5.74, 6) is -0.488. The van der Waals surface area contributed by atoms with Crippen LogP contribution < -0.4 is 0 Å². The molecule has 0 saturated heterocycles. The second kappa shape index (κ2) is 5.07. The number of halogens is 2. The zero-order chi connectivity index (χ0) is 13.2. The van der Waals surface area contributed by atoms with Gasteiger partial charge in [0.2, 0.25) is 0 Å². The summed E-state index contributed by atoms with van der Waals surface area (Å²) < 4.78 is 13.1. The Hall–Kier alpha value is -1.40. The van der Waals surface area contributed by atoms with Crippen LogP contribution in [0.5, 0.6) is 0 Å². The highest BCUT2D eigenvalue weighted by Crippen LogP contribution is 2.36. The largest absolute Gasteiger partial charge is 0.298 e. The van der Waals surface area contributed by atoms with Crippen LogP contribution in [0.1, 0.15) is 31.2 Å². The highest BCUT2D eigenvalue weighted by atomic mass is 35.5. The fourth-order valence-electron chi connectivity index (χ4n) is 2.43. The molecule has 0 N–H and O–H groups in total. The molecular formula is C14H13ClFNO. The summed E-state index contributed by atoms with van der Waals surface area (Å²) in [6.45, 7) is 0. The van der Waals surface area contributed by atoms with Gasteiger partial charge in [0.25, 0.3) is 0 Å². The Bertz CT molecular complexity index is 523. The number of benzene rings is 1. The number of hydrogen-bond acceptors (Lipinski definition) is 2. The SMILES string of the molecule is N#CC1(Cc2ccc(F)c(Cl)c2)CCCCC1=O. The normalized spacial score (nSPS) is 23.7. The van der Waals surface area contributed by atoms with Gasteiger partial charge in [-0.15, -0.1) is 0 Å². The maximum absolute atomic E-state index is 13.1. The zero-order valence-corrected chi connectivity index (χ0v) is 10.6. The van der Waals surface area contributed by atoms with Gasteiger partial charge in [0.15, 0.2) is 5.78 Å². The predicted molar refractivity (Wildman–Crippen MR) is 66.6 cm³/mol. The molecule has 2 rings (SSSR count). The molecule has 0 bridgehead atoms. The lowest BCUT2D eigenvalue weighted by molar-refractivity contribution is -0.128. The first kappa shape index (κ1) is 13.0. The maximum Gasteiger partial charge on any atom is 0.153 e. The minimum atomic E-state index is -0.945. The number of nitriles is 1. The molecule has 1 fully saturated rings. The van der Waals surface area contributed by atoms with E-state index in [9.17, 15) is 14.4 Å². The summed E-state index contributed by atoms with van der Waals surface area (Å²) in [7, 11) is 0. The smallest absolute Gasteiger partial charge is 0.153 e. The first-order valence-corrected chi connectivity index (χ1v) is 6.34. The van der Waals surface area contributed by atoms with Crippen molar-refractivity contribution in [2.45, 2.75) is 32.1 Å². The molecule has 1 unspecified atom stereocenters. The van der Waals surface area contributed by atoms with Gasteiger partial charge in [0.1, 0.15) is 11.2 Å². The van der Waals surface area contributed by atoms with Crippen molar-refractivity contribution >= 4 is 17.4 Å². The summed E-state index contributed by atoms with van der Waals surface area (Å²) in [6.07, 6.45) is 3.10. The molecule has 0 aliphatic heterocycles. The van der Waals surface area contributed by atoms with Crippen LogP contribution >= 0.6 is 11.6 Å². The molecule has 4 heteroatoms. The Balaban J connectivity index is 2.27. The van der Waals surface area contributed by atoms with Crippen LogP contribution in [0.4, 0.5) is 4.39 Å². The van der Waals surface area contributed by atoms with Crippen LogP contribution in [0.3, 0.4) is 0 Å². The molecule has 0 aromatic heterocycles. The van der Waals surface area contributed by atoms with Gasteiger partial charge in [0, 0.05) is 6.42 Å². The molecule has 2 nitrogen and oxygen atoms in total. The van der Waals surface area contributed by atoms with Crippen molar-refractivity contribution in [3.63, 3.8) is 0 Å². The van der Waals surface area contributed by atoms with Crippen molar-refractivity contribution in [1.82, 2.24) is 0 Å². The number of rotatable bonds is 2. The molecule has 1 aromatic carbocycles. The maximum atomic E-state index is 13.1. The van der Waals surface area contributed by atoms with Gasteiger partial charge in [-0.1, -0.05) is 24.1 Å². The number of carbonyl (C=O) groups is 1. The number of Topliss-reactive ketones (excluding diaryl/α,β-unsaturated/α-hetero) is 1. The van der Waals surface area contributed by atoms with Gasteiger partial charge in [-0.2, -0.15) is 5.26 Å². The van der Waals surface area contributed by atoms with Gasteiger partial charge in [-0.05, 0) is 37.0 Å². The Labute approximate surface area is 110 Å². The third kappa shape index (κ3) is 2.39. The first-order valence-electron chi connectivity index (χ1n) is 5.96. The Morgan fingerprint density at radius 3 is 2.83 bits per heavy atom. The highest BCUT2D eigenvalue weighted by molar-refractivity contribution is 6.30. The topological polar surface area (TPSA) is 40.9 Å². The standard InChI is InChI=1S/C14H13ClFNO/c15-11-7-10(4-5-12(11)16)8-14(9-17)6-2-1-3-13(14)18/h4-5,7H,1-3,6,8H2. The monoisotopic (exact) mass is 265 g/mol. The Kier molecular flexibility index (Phi) is 3.68. The van der Waals surface area contributed by atoms with E-state index in [4.69, 9.17) is 11.6 Å². The molecule has 1 aliphatic rings. The fraction of sp³-hybridized carbons (Fsp3) is 0.429. The van der Waals surface area contributed by atoms with Crippen molar-refractivity contribution in [2.75, 3.05) is 0 Å². The lowest BCUT2D eigenvalue weighted by Gasteiger charge is -2.29. The van der Waals surface area contributed by atoms with Gasteiger partial charge < -0.3 is 0 Å². The third-order valence-corrected chi connectivity index (χ3v) is 3.78. The second-order valence-corrected chi connectivity index (χ2v) is 5.16. The van der Waals surface area contributed by atoms with Gasteiger partial charge >= 0.3 is 0 Å². The van der Waals surface area contributed by atoms with E-state index in [1.165, 1.54) is 12.1 Å². The quantitative estimate of drug-likeness (QED) is 0.818. The Morgan fingerprint density at radius 2 is 2.22 bits per heavy atom. The van der Waals surface area contributed by atoms with E-state index in [2.05, 4.69) is 6.07 Å². The number of nitrogens with zero attached hydrogens (tertiary/aromatic N) is 1. The van der Waals surface area contributed by atoms with Crippen LogP contribution in [0.25, 0.3) is 0 Å². The van der Waals surface area contributed by atoms with E-state index >= 15 is 0 Å². The molecule has 1 saturated carbocycles. The summed E-state index contributed by atoms with van der Waals surface area (Å²) >= 11 is 5.71. The molecular weight excluding hydrogens is 253 g/mol. The van der Waals surface area contributed by atoms with Crippen LogP contribution in [0.15, 0.2) is 18.2 Å². The van der Waals surface area contributed by atoms with E-state index < -0.39 is 11.2 Å². The van der Waals surface area contributed by atoms with Gasteiger partial charge in [-0.3, -0.25) is 4.79 Å². The molecule has 0 radical (unpaired) electrons. The van der Waals surface area contributed by atoms with Crippen molar-refractivity contribution < 1.29 is 9.18 Å². The number of hydrogen-bond donors (Lipinski definition) is 0. The average Bonchev–Trinajstić information content (AvgIpc) is 2.37. The predicted octanol–water partition coefficient (Wildman–Crippen LogP) is 3.67. The molecule has 0 spiro atoms. The lowest BCUT2D eigenvalue weighted by atomic mass is 9.70. The minimum Gasteiger partial charge on any atom is -0.298 e. The van der Waals surface area contributed by atoms with Crippen LogP contribution in [0.2, 0.25) is 5.02 Å². The van der Waals surface area contributed by atoms with Crippen molar-refractivity contribution in [3.8, 4) is 6.07 Å². The van der Waals surface area contributed by atoms with Crippen molar-refractivity contribution in [2.24, 2.45) is 5.41 Å². The third-order valence-electron chi connectivity index (χ3n) is 3.50. The van der Waals surface area contributed by atoms with E-state index in [0.29, 0.717) is 19.3 Å². The summed E-state index contributed by atoms with van der Waals surface area (Å²) in [5, 5.41) is 9.35. The molecule has 1 atom stereocenters. The molecule has 94 valence electrons. The highest BCUT2D eigenvalue weighted by Gasteiger charge is 2.40. The Morgan fingerprint density at radius 1 is 1.44 bits per heavy atom. The number of ketones is 1. The van der Waals surface area contributed by atoms with Crippen LogP contribution in [0, 0.1) is 22.6 Å². The zero-order valence-electron chi connectivity index (χ0n) is 9.88. The van der Waals surface area contributed by atoms with E-state index in [-0.39, 0.29) is 10.8 Å². The van der Waals surface area contributed by atoms with E-state index in [1.807, 2.05) is 0 Å². The van der Waals surface area contributed by atoms with Crippen molar-refractivity contribution in [3.05, 3.63) is 34.6 Å². The fourth-order valence-corrected chi connectivity index (χ4v) is 2.64. The molecule has 18 heavy (non-hydrogen) atoms. The molecule has 0 heterocycles. The van der Waals surface area contributed by atoms with Crippen molar-refractivity contribution in [1.29, 1.82) is 5.26 Å². The lowest BCUT2D eigenvalue weighted by Crippen LogP contribution is -2.34. The van der Waals surface area contributed by atoms with E-state index in [0.717, 1.165) is 18.4 Å². The van der Waals surface area contributed by atoms with E-state index in [1.54, 1.807) is 6.07 Å². The first-order chi connectivity index (χ1) is 8.57. The molecule has 0 amide bonds. The summed E-state index contributed by atoms with van der Waals surface area (Å²) in [4.78, 5) is 12.0. The molecule has 1 aliphatic carbocycles. The van der Waals surface area contributed by atoms with Gasteiger partial charge in [0.05, 0.1) is 11.1 Å². The minimum absolute atomic E-state index is 0.00306. The van der Waals surface area contributed by atoms with Gasteiger partial charge in [-0.25, -0.2) is 4.39 Å². The molecule has 1 aromatic rings. The van der Waals surface area contributed by atoms with Crippen LogP contribution in [-0.4, -0.2) is 5.78 Å². The second-order valence-electron chi connectivity index (χ2n) is 4.75. The average molecular weight is 266 g/mol. The number of carbonyl (C=O) groups excluding carboxylic acids is 1. The summed E-state index contributed by atoms with van der Waals surface area (Å²) in [6, 6.07) is 6.52. The van der Waals surface area contributed by atoms with Crippen LogP contribution in [-0.2, 0) is 11.2 Å². The summed E-state index contributed by atoms with van der Waals surface area (Å²) in [5.41, 5.74) is -0.211.